The van der Waals surface area contributed by atoms with Gasteiger partial charge in [0, 0.05) is 37.5 Å². The highest BCUT2D eigenvalue weighted by atomic mass is 32.1. The van der Waals surface area contributed by atoms with Crippen molar-refractivity contribution in [1.29, 1.82) is 0 Å². The van der Waals surface area contributed by atoms with Gasteiger partial charge in [-0.15, -0.1) is 11.3 Å². The lowest BCUT2D eigenvalue weighted by Gasteiger charge is -2.15. The molecule has 2 aromatic heterocycles. The molecule has 0 radical (unpaired) electrons. The monoisotopic (exact) mass is 359 g/mol. The summed E-state index contributed by atoms with van der Waals surface area (Å²) < 4.78 is 11.6. The van der Waals surface area contributed by atoms with Crippen LogP contribution >= 0.6 is 11.3 Å². The lowest BCUT2D eigenvalue weighted by atomic mass is 10.2. The zero-order chi connectivity index (χ0) is 17.1. The Bertz CT molecular complexity index is 715. The van der Waals surface area contributed by atoms with Gasteiger partial charge in [0.15, 0.2) is 0 Å². The molecule has 2 aliphatic heterocycles. The molecule has 0 aromatic carbocycles. The highest BCUT2D eigenvalue weighted by Crippen LogP contribution is 2.31. The van der Waals surface area contributed by atoms with E-state index >= 15 is 0 Å². The quantitative estimate of drug-likeness (QED) is 0.821. The Hall–Kier alpha value is -1.83. The van der Waals surface area contributed by atoms with Crippen LogP contribution in [0.4, 0.5) is 0 Å². The van der Waals surface area contributed by atoms with Crippen LogP contribution in [-0.2, 0) is 16.1 Å². The number of pyridine rings is 1. The summed E-state index contributed by atoms with van der Waals surface area (Å²) in [4.78, 5) is 23.0. The third-order valence-corrected chi connectivity index (χ3v) is 5.55. The molecule has 0 aliphatic carbocycles. The highest BCUT2D eigenvalue weighted by Gasteiger charge is 2.30. The molecule has 132 valence electrons. The van der Waals surface area contributed by atoms with E-state index in [0.29, 0.717) is 25.4 Å². The minimum atomic E-state index is -0.00416. The fraction of sp³-hybridized carbons (Fsp3) is 0.500. The second kappa shape index (κ2) is 7.59. The summed E-state index contributed by atoms with van der Waals surface area (Å²) in [5.74, 6) is -0.00416. The number of thiazole rings is 1. The summed E-state index contributed by atoms with van der Waals surface area (Å²) in [5, 5.41) is 2.77. The van der Waals surface area contributed by atoms with Crippen molar-refractivity contribution >= 4 is 17.2 Å². The minimum Gasteiger partial charge on any atom is -0.372 e. The molecular formula is C18H21N3O3S. The number of hydrogen-bond donors (Lipinski definition) is 0. The van der Waals surface area contributed by atoms with Gasteiger partial charge in [0.05, 0.1) is 12.7 Å². The molecule has 2 fully saturated rings. The average molecular weight is 359 g/mol. The first kappa shape index (κ1) is 16.6. The molecule has 0 N–H and O–H groups in total. The molecular weight excluding hydrogens is 338 g/mol. The largest absolute Gasteiger partial charge is 0.372 e. The smallest absolute Gasteiger partial charge is 0.273 e. The van der Waals surface area contributed by atoms with E-state index in [1.807, 2.05) is 22.4 Å². The van der Waals surface area contributed by atoms with E-state index in [4.69, 9.17) is 9.47 Å². The van der Waals surface area contributed by atoms with Crippen LogP contribution in [0.1, 0.15) is 46.4 Å². The van der Waals surface area contributed by atoms with Gasteiger partial charge in [-0.25, -0.2) is 4.98 Å². The second-order valence-corrected chi connectivity index (χ2v) is 7.29. The van der Waals surface area contributed by atoms with E-state index in [0.717, 1.165) is 36.4 Å². The molecule has 0 spiro atoms. The molecule has 2 aromatic rings. The number of carbonyl (C=O) groups is 1. The van der Waals surface area contributed by atoms with Crippen molar-refractivity contribution in [2.45, 2.75) is 38.1 Å². The topological polar surface area (TPSA) is 64.5 Å². The minimum absolute atomic E-state index is 0.00416. The third kappa shape index (κ3) is 3.89. The number of likely N-dealkylation sites (tertiary alicyclic amines) is 1. The number of aromatic nitrogens is 2. The fourth-order valence-electron chi connectivity index (χ4n) is 3.21. The molecule has 4 heterocycles. The van der Waals surface area contributed by atoms with Crippen molar-refractivity contribution in [2.24, 2.45) is 0 Å². The summed E-state index contributed by atoms with van der Waals surface area (Å²) in [5.41, 5.74) is 1.63. The van der Waals surface area contributed by atoms with Crippen molar-refractivity contribution in [3.05, 3.63) is 46.2 Å². The van der Waals surface area contributed by atoms with Gasteiger partial charge >= 0.3 is 0 Å². The molecule has 1 amide bonds. The zero-order valence-corrected chi connectivity index (χ0v) is 14.8. The fourth-order valence-corrected chi connectivity index (χ4v) is 4.08. The predicted octanol–water partition coefficient (Wildman–Crippen LogP) is 2.82. The number of carbonyl (C=O) groups excluding carboxylic acids is 1. The van der Waals surface area contributed by atoms with Gasteiger partial charge in [-0.1, -0.05) is 0 Å². The van der Waals surface area contributed by atoms with Gasteiger partial charge < -0.3 is 14.4 Å². The number of nitrogens with zero attached hydrogens (tertiary/aromatic N) is 3. The van der Waals surface area contributed by atoms with Crippen LogP contribution < -0.4 is 0 Å². The second-order valence-electron chi connectivity index (χ2n) is 6.40. The number of hydrogen-bond acceptors (Lipinski definition) is 6. The Morgan fingerprint density at radius 2 is 2.24 bits per heavy atom. The van der Waals surface area contributed by atoms with Crippen LogP contribution in [-0.4, -0.2) is 46.6 Å². The van der Waals surface area contributed by atoms with E-state index < -0.39 is 0 Å². The molecule has 2 aliphatic rings. The maximum Gasteiger partial charge on any atom is 0.273 e. The standard InChI is InChI=1S/C18H21N3O3S/c22-18(15-12-25-17(20-15)16-2-1-9-23-16)21-8-5-14(10-21)24-11-13-3-6-19-7-4-13/h3-4,6-7,12,14,16H,1-2,5,8-11H2/t14-,16-/m1/s1. The van der Waals surface area contributed by atoms with Crippen LogP contribution in [0.3, 0.4) is 0 Å². The molecule has 25 heavy (non-hydrogen) atoms. The summed E-state index contributed by atoms with van der Waals surface area (Å²) in [6, 6.07) is 3.89. The Morgan fingerprint density at radius 3 is 3.04 bits per heavy atom. The molecule has 6 nitrogen and oxygen atoms in total. The number of ether oxygens (including phenoxy) is 2. The van der Waals surface area contributed by atoms with Crippen LogP contribution in [0.2, 0.25) is 0 Å². The molecule has 7 heteroatoms. The summed E-state index contributed by atoms with van der Waals surface area (Å²) in [6.07, 6.45) is 6.59. The first-order valence-electron chi connectivity index (χ1n) is 8.66. The Kier molecular flexibility index (Phi) is 5.05. The van der Waals surface area contributed by atoms with E-state index in [9.17, 15) is 4.79 Å². The van der Waals surface area contributed by atoms with Gasteiger partial charge in [-0.05, 0) is 37.0 Å². The average Bonchev–Trinajstić information content (AvgIpc) is 3.41. The maximum atomic E-state index is 12.7. The zero-order valence-electron chi connectivity index (χ0n) is 14.0. The van der Waals surface area contributed by atoms with E-state index in [2.05, 4.69) is 9.97 Å². The van der Waals surface area contributed by atoms with Crippen molar-refractivity contribution < 1.29 is 14.3 Å². The SMILES string of the molecule is O=C(c1csc([C@H]2CCCO2)n1)N1CC[C@@H](OCc2ccncc2)C1. The van der Waals surface area contributed by atoms with Crippen molar-refractivity contribution in [1.82, 2.24) is 14.9 Å². The Labute approximate surface area is 150 Å². The number of amides is 1. The highest BCUT2D eigenvalue weighted by molar-refractivity contribution is 7.09. The number of rotatable bonds is 5. The molecule has 0 saturated carbocycles. The van der Waals surface area contributed by atoms with Crippen LogP contribution in [0.25, 0.3) is 0 Å². The molecule has 0 bridgehead atoms. The Balaban J connectivity index is 1.31. The predicted molar refractivity (Wildman–Crippen MR) is 93.4 cm³/mol. The lowest BCUT2D eigenvalue weighted by molar-refractivity contribution is 0.0436. The van der Waals surface area contributed by atoms with Crippen molar-refractivity contribution in [3.8, 4) is 0 Å². The van der Waals surface area contributed by atoms with E-state index in [1.54, 1.807) is 12.4 Å². The van der Waals surface area contributed by atoms with E-state index in [-0.39, 0.29) is 18.1 Å². The van der Waals surface area contributed by atoms with Gasteiger partial charge in [0.25, 0.3) is 5.91 Å². The normalized spacial score (nSPS) is 23.3. The van der Waals surface area contributed by atoms with Crippen LogP contribution in [0.5, 0.6) is 0 Å². The lowest BCUT2D eigenvalue weighted by Crippen LogP contribution is -2.30. The summed E-state index contributed by atoms with van der Waals surface area (Å²) in [6.45, 7) is 2.68. The van der Waals surface area contributed by atoms with Gasteiger partial charge in [0.2, 0.25) is 0 Å². The van der Waals surface area contributed by atoms with E-state index in [1.165, 1.54) is 11.3 Å². The molecule has 0 unspecified atom stereocenters. The van der Waals surface area contributed by atoms with Crippen LogP contribution in [0.15, 0.2) is 29.9 Å². The molecule has 2 saturated heterocycles. The van der Waals surface area contributed by atoms with Gasteiger partial charge in [-0.2, -0.15) is 0 Å². The van der Waals surface area contributed by atoms with Crippen molar-refractivity contribution in [3.63, 3.8) is 0 Å². The summed E-state index contributed by atoms with van der Waals surface area (Å²) >= 11 is 1.52. The van der Waals surface area contributed by atoms with Gasteiger partial charge in [-0.3, -0.25) is 9.78 Å². The van der Waals surface area contributed by atoms with Gasteiger partial charge in [0.1, 0.15) is 16.8 Å². The Morgan fingerprint density at radius 1 is 1.36 bits per heavy atom. The maximum absolute atomic E-state index is 12.7. The van der Waals surface area contributed by atoms with Crippen molar-refractivity contribution in [2.75, 3.05) is 19.7 Å². The summed E-state index contributed by atoms with van der Waals surface area (Å²) in [7, 11) is 0. The van der Waals surface area contributed by atoms with Crippen LogP contribution in [0, 0.1) is 0 Å². The third-order valence-electron chi connectivity index (χ3n) is 4.61. The molecule has 4 rings (SSSR count). The molecule has 2 atom stereocenters. The first-order chi connectivity index (χ1) is 12.3. The first-order valence-corrected chi connectivity index (χ1v) is 9.54.